The molecule has 1 aromatic rings. The Morgan fingerprint density at radius 1 is 1.50 bits per heavy atom. The zero-order valence-electron chi connectivity index (χ0n) is 9.19. The second-order valence-corrected chi connectivity index (χ2v) is 7.57. The molecule has 1 saturated heterocycles. The molecule has 1 N–H and O–H groups in total. The first-order chi connectivity index (χ1) is 7.66. The molecule has 3 nitrogen and oxygen atoms in total. The van der Waals surface area contributed by atoms with Crippen molar-refractivity contribution in [1.29, 1.82) is 0 Å². The highest BCUT2D eigenvalue weighted by molar-refractivity contribution is 7.91. The molecule has 0 amide bonds. The van der Waals surface area contributed by atoms with Crippen LogP contribution in [0, 0.1) is 5.92 Å². The molecule has 2 rings (SSSR count). The molecule has 0 aliphatic carbocycles. The van der Waals surface area contributed by atoms with Crippen LogP contribution in [0.4, 0.5) is 0 Å². The smallest absolute Gasteiger partial charge is 0.150 e. The number of sulfone groups is 1. The molecule has 0 bridgehead atoms. The lowest BCUT2D eigenvalue weighted by atomic mass is 10.1. The van der Waals surface area contributed by atoms with Crippen LogP contribution in [0.15, 0.2) is 17.5 Å². The van der Waals surface area contributed by atoms with Crippen LogP contribution >= 0.6 is 11.3 Å². The molecule has 5 heteroatoms. The van der Waals surface area contributed by atoms with Crippen molar-refractivity contribution in [3.8, 4) is 0 Å². The summed E-state index contributed by atoms with van der Waals surface area (Å²) in [4.78, 5) is 1.33. The highest BCUT2D eigenvalue weighted by Gasteiger charge is 2.26. The Kier molecular flexibility index (Phi) is 4.00. The van der Waals surface area contributed by atoms with Gasteiger partial charge in [-0.3, -0.25) is 0 Å². The highest BCUT2D eigenvalue weighted by Crippen LogP contribution is 2.20. The maximum atomic E-state index is 11.2. The van der Waals surface area contributed by atoms with E-state index in [2.05, 4.69) is 16.8 Å². The third-order valence-electron chi connectivity index (χ3n) is 2.94. The van der Waals surface area contributed by atoms with Crippen LogP contribution in [0.5, 0.6) is 0 Å². The van der Waals surface area contributed by atoms with Crippen molar-refractivity contribution >= 4 is 21.2 Å². The fraction of sp³-hybridized carbons (Fsp3) is 0.636. The molecule has 1 aliphatic heterocycles. The van der Waals surface area contributed by atoms with Crippen molar-refractivity contribution in [2.24, 2.45) is 5.92 Å². The highest BCUT2D eigenvalue weighted by atomic mass is 32.2. The Morgan fingerprint density at radius 2 is 2.38 bits per heavy atom. The van der Waals surface area contributed by atoms with Crippen LogP contribution in [0.1, 0.15) is 17.7 Å². The van der Waals surface area contributed by atoms with Crippen LogP contribution in [0.3, 0.4) is 0 Å². The van der Waals surface area contributed by atoms with E-state index in [-0.39, 0.29) is 0 Å². The van der Waals surface area contributed by atoms with Gasteiger partial charge < -0.3 is 5.32 Å². The van der Waals surface area contributed by atoms with Crippen LogP contribution in [0.2, 0.25) is 0 Å². The van der Waals surface area contributed by atoms with Crippen LogP contribution in [0.25, 0.3) is 0 Å². The number of hydrogen-bond donors (Lipinski definition) is 1. The Morgan fingerprint density at radius 3 is 3.00 bits per heavy atom. The zero-order chi connectivity index (χ0) is 11.4. The van der Waals surface area contributed by atoms with Crippen LogP contribution in [-0.4, -0.2) is 26.5 Å². The van der Waals surface area contributed by atoms with Crippen molar-refractivity contribution in [2.75, 3.05) is 18.1 Å². The third kappa shape index (κ3) is 3.57. The molecule has 1 aliphatic rings. The first-order valence-electron chi connectivity index (χ1n) is 5.59. The maximum absolute atomic E-state index is 11.2. The van der Waals surface area contributed by atoms with Crippen molar-refractivity contribution < 1.29 is 8.42 Å². The van der Waals surface area contributed by atoms with Gasteiger partial charge in [-0.25, -0.2) is 8.42 Å². The first-order valence-corrected chi connectivity index (χ1v) is 8.29. The topological polar surface area (TPSA) is 46.2 Å². The molecule has 90 valence electrons. The molecule has 0 spiro atoms. The van der Waals surface area contributed by atoms with E-state index in [0.29, 0.717) is 17.4 Å². The molecule has 1 atom stereocenters. The summed E-state index contributed by atoms with van der Waals surface area (Å²) >= 11 is 1.75. The molecule has 2 heterocycles. The minimum Gasteiger partial charge on any atom is -0.312 e. The average Bonchev–Trinajstić information content (AvgIpc) is 2.82. The monoisotopic (exact) mass is 259 g/mol. The Bertz CT molecular complexity index is 411. The Balaban J connectivity index is 1.62. The fourth-order valence-electron chi connectivity index (χ4n) is 2.03. The number of thiophene rings is 1. The molecule has 1 unspecified atom stereocenters. The fourth-order valence-corrected chi connectivity index (χ4v) is 4.62. The van der Waals surface area contributed by atoms with Gasteiger partial charge in [0, 0.05) is 11.4 Å². The molecular formula is C11H17NO2S2. The van der Waals surface area contributed by atoms with Gasteiger partial charge in [-0.2, -0.15) is 0 Å². The van der Waals surface area contributed by atoms with Gasteiger partial charge in [-0.05, 0) is 36.8 Å². The first kappa shape index (κ1) is 12.1. The van der Waals surface area contributed by atoms with E-state index >= 15 is 0 Å². The van der Waals surface area contributed by atoms with E-state index in [1.807, 2.05) is 6.07 Å². The minimum atomic E-state index is -2.70. The largest absolute Gasteiger partial charge is 0.312 e. The molecule has 16 heavy (non-hydrogen) atoms. The molecule has 0 radical (unpaired) electrons. The molecular weight excluding hydrogens is 242 g/mol. The third-order valence-corrected chi connectivity index (χ3v) is 5.65. The molecule has 0 aromatic carbocycles. The SMILES string of the molecule is O=S1(=O)CCC(CCNCc2cccs2)C1. The molecule has 1 aromatic heterocycles. The van der Waals surface area contributed by atoms with E-state index in [1.54, 1.807) is 11.3 Å². The number of hydrogen-bond acceptors (Lipinski definition) is 4. The minimum absolute atomic E-state index is 0.376. The van der Waals surface area contributed by atoms with Crippen LogP contribution < -0.4 is 5.32 Å². The summed E-state index contributed by atoms with van der Waals surface area (Å²) in [5.41, 5.74) is 0. The van der Waals surface area contributed by atoms with Gasteiger partial charge in [0.2, 0.25) is 0 Å². The zero-order valence-corrected chi connectivity index (χ0v) is 10.8. The summed E-state index contributed by atoms with van der Waals surface area (Å²) in [7, 11) is -2.70. The lowest BCUT2D eigenvalue weighted by Gasteiger charge is -2.07. The summed E-state index contributed by atoms with van der Waals surface area (Å²) < 4.78 is 22.5. The lowest BCUT2D eigenvalue weighted by Crippen LogP contribution is -2.17. The second-order valence-electron chi connectivity index (χ2n) is 4.31. The Hall–Kier alpha value is -0.390. The predicted octanol–water partition coefficient (Wildman–Crippen LogP) is 1.66. The van der Waals surface area contributed by atoms with Gasteiger partial charge in [0.1, 0.15) is 0 Å². The summed E-state index contributed by atoms with van der Waals surface area (Å²) in [6.07, 6.45) is 1.83. The van der Waals surface area contributed by atoms with Gasteiger partial charge in [0.15, 0.2) is 9.84 Å². The molecule has 0 saturated carbocycles. The lowest BCUT2D eigenvalue weighted by molar-refractivity contribution is 0.509. The van der Waals surface area contributed by atoms with E-state index in [4.69, 9.17) is 0 Å². The van der Waals surface area contributed by atoms with Gasteiger partial charge in [-0.15, -0.1) is 11.3 Å². The maximum Gasteiger partial charge on any atom is 0.150 e. The summed E-state index contributed by atoms with van der Waals surface area (Å²) in [6.45, 7) is 1.81. The van der Waals surface area contributed by atoms with Gasteiger partial charge in [-0.1, -0.05) is 6.07 Å². The van der Waals surface area contributed by atoms with E-state index in [0.717, 1.165) is 25.9 Å². The summed E-state index contributed by atoms with van der Waals surface area (Å²) in [6, 6.07) is 4.16. The Labute approximate surface area is 101 Å². The number of rotatable bonds is 5. The van der Waals surface area contributed by atoms with Gasteiger partial charge in [0.05, 0.1) is 11.5 Å². The predicted molar refractivity (Wildman–Crippen MR) is 67.4 cm³/mol. The van der Waals surface area contributed by atoms with Crippen molar-refractivity contribution in [3.05, 3.63) is 22.4 Å². The van der Waals surface area contributed by atoms with Crippen molar-refractivity contribution in [2.45, 2.75) is 19.4 Å². The van der Waals surface area contributed by atoms with E-state index in [9.17, 15) is 8.42 Å². The summed E-state index contributed by atoms with van der Waals surface area (Å²) in [5.74, 6) is 1.16. The second kappa shape index (κ2) is 5.29. The summed E-state index contributed by atoms with van der Waals surface area (Å²) in [5, 5.41) is 5.43. The van der Waals surface area contributed by atoms with Gasteiger partial charge in [0.25, 0.3) is 0 Å². The quantitative estimate of drug-likeness (QED) is 0.818. The standard InChI is InChI=1S/C11H17NO2S2/c13-16(14)7-4-10(9-16)3-5-12-8-11-2-1-6-15-11/h1-2,6,10,12H,3-5,7-9H2. The van der Waals surface area contributed by atoms with Gasteiger partial charge >= 0.3 is 0 Å². The van der Waals surface area contributed by atoms with Crippen molar-refractivity contribution in [1.82, 2.24) is 5.32 Å². The number of nitrogens with one attached hydrogen (secondary N) is 1. The normalized spacial score (nSPS) is 23.6. The average molecular weight is 259 g/mol. The van der Waals surface area contributed by atoms with Crippen LogP contribution in [-0.2, 0) is 16.4 Å². The van der Waals surface area contributed by atoms with Crippen molar-refractivity contribution in [3.63, 3.8) is 0 Å². The van der Waals surface area contributed by atoms with E-state index in [1.165, 1.54) is 4.88 Å². The van der Waals surface area contributed by atoms with E-state index < -0.39 is 9.84 Å². The molecule has 1 fully saturated rings.